The fourth-order valence-electron chi connectivity index (χ4n) is 2.70. The second-order valence-electron chi connectivity index (χ2n) is 5.56. The molecule has 0 unspecified atom stereocenters. The third-order valence-corrected chi connectivity index (χ3v) is 3.99. The first kappa shape index (κ1) is 15.2. The molecule has 0 atom stereocenters. The van der Waals surface area contributed by atoms with Crippen LogP contribution in [0, 0.1) is 6.92 Å². The average Bonchev–Trinajstić information content (AvgIpc) is 2.85. The second kappa shape index (κ2) is 6.20. The number of nitrogen functional groups attached to an aromatic ring is 1. The van der Waals surface area contributed by atoms with Gasteiger partial charge in [-0.15, -0.1) is 0 Å². The average molecular weight is 311 g/mol. The predicted octanol–water partition coefficient (Wildman–Crippen LogP) is 3.11. The lowest BCUT2D eigenvalue weighted by Gasteiger charge is -2.04. The molecule has 5 heteroatoms. The summed E-state index contributed by atoms with van der Waals surface area (Å²) >= 11 is 0. The van der Waals surface area contributed by atoms with E-state index in [0.29, 0.717) is 12.3 Å². The van der Waals surface area contributed by atoms with Crippen molar-refractivity contribution in [3.63, 3.8) is 0 Å². The van der Waals surface area contributed by atoms with Crippen LogP contribution in [0.3, 0.4) is 0 Å². The van der Waals surface area contributed by atoms with Crippen LogP contribution in [0.25, 0.3) is 5.65 Å². The number of phenolic OH excluding ortho intramolecular Hbond substituents is 1. The lowest BCUT2D eigenvalue weighted by Crippen LogP contribution is -1.96. The molecule has 0 spiro atoms. The summed E-state index contributed by atoms with van der Waals surface area (Å²) in [4.78, 5) is 4.71. The van der Waals surface area contributed by atoms with E-state index in [2.05, 4.69) is 11.3 Å². The highest BCUT2D eigenvalue weighted by molar-refractivity contribution is 5.53. The van der Waals surface area contributed by atoms with E-state index in [0.717, 1.165) is 41.2 Å². The molecule has 5 nitrogen and oxygen atoms in total. The van der Waals surface area contributed by atoms with Crippen molar-refractivity contribution in [2.45, 2.75) is 26.7 Å². The molecular weight excluding hydrogens is 290 g/mol. The highest BCUT2D eigenvalue weighted by Gasteiger charge is 2.10. The molecule has 0 fully saturated rings. The lowest BCUT2D eigenvalue weighted by molar-refractivity contribution is 0.340. The molecule has 0 bridgehead atoms. The largest absolute Gasteiger partial charge is 0.506 e. The van der Waals surface area contributed by atoms with Crippen molar-refractivity contribution < 1.29 is 9.84 Å². The van der Waals surface area contributed by atoms with Crippen molar-refractivity contribution in [3.8, 4) is 11.5 Å². The van der Waals surface area contributed by atoms with Gasteiger partial charge in [0, 0.05) is 18.0 Å². The van der Waals surface area contributed by atoms with Gasteiger partial charge in [-0.1, -0.05) is 6.07 Å². The van der Waals surface area contributed by atoms with Crippen molar-refractivity contribution in [2.75, 3.05) is 12.3 Å². The summed E-state index contributed by atoms with van der Waals surface area (Å²) in [5, 5.41) is 9.69. The van der Waals surface area contributed by atoms with Gasteiger partial charge >= 0.3 is 0 Å². The van der Waals surface area contributed by atoms with Crippen LogP contribution in [0.4, 0.5) is 5.69 Å². The van der Waals surface area contributed by atoms with Crippen LogP contribution >= 0.6 is 0 Å². The fraction of sp³-hybridized carbons (Fsp3) is 0.278. The van der Waals surface area contributed by atoms with Crippen LogP contribution in [0.1, 0.15) is 23.9 Å². The summed E-state index contributed by atoms with van der Waals surface area (Å²) in [6, 6.07) is 9.29. The number of hydrogen-bond acceptors (Lipinski definition) is 4. The van der Waals surface area contributed by atoms with E-state index in [-0.39, 0.29) is 5.75 Å². The zero-order valence-corrected chi connectivity index (χ0v) is 13.4. The van der Waals surface area contributed by atoms with Crippen molar-refractivity contribution >= 4 is 11.3 Å². The van der Waals surface area contributed by atoms with E-state index in [9.17, 15) is 5.11 Å². The topological polar surface area (TPSA) is 72.8 Å². The molecule has 3 aromatic rings. The van der Waals surface area contributed by atoms with Gasteiger partial charge in [0.1, 0.15) is 17.1 Å². The van der Waals surface area contributed by atoms with Crippen LogP contribution in [0.2, 0.25) is 0 Å². The second-order valence-corrected chi connectivity index (χ2v) is 5.56. The van der Waals surface area contributed by atoms with E-state index in [1.807, 2.05) is 31.3 Å². The van der Waals surface area contributed by atoms with Crippen LogP contribution in [0.15, 0.2) is 36.5 Å². The molecule has 120 valence electrons. The summed E-state index contributed by atoms with van der Waals surface area (Å²) in [6.07, 6.45) is 3.60. The molecule has 0 aliphatic carbocycles. The molecule has 0 aliphatic heterocycles. The molecule has 3 N–H and O–H groups in total. The number of aromatic nitrogens is 2. The van der Waals surface area contributed by atoms with Gasteiger partial charge in [0.15, 0.2) is 0 Å². The SMILES string of the molecule is CCOc1ccn2c(C)c(CCc3ccc(N)c(O)c3)nc2c1. The van der Waals surface area contributed by atoms with Gasteiger partial charge in [-0.05, 0) is 50.5 Å². The maximum atomic E-state index is 9.69. The first-order valence-electron chi connectivity index (χ1n) is 7.76. The Kier molecular flexibility index (Phi) is 4.10. The number of hydrogen-bond donors (Lipinski definition) is 2. The Balaban J connectivity index is 1.82. The number of imidazole rings is 1. The third kappa shape index (κ3) is 3.08. The summed E-state index contributed by atoms with van der Waals surface area (Å²) < 4.78 is 7.59. The number of nitrogens with two attached hydrogens (primary N) is 1. The van der Waals surface area contributed by atoms with Crippen molar-refractivity contribution in [3.05, 3.63) is 53.5 Å². The number of fused-ring (bicyclic) bond motifs is 1. The normalized spacial score (nSPS) is 11.0. The highest BCUT2D eigenvalue weighted by Crippen LogP contribution is 2.23. The minimum Gasteiger partial charge on any atom is -0.506 e. The Morgan fingerprint density at radius 1 is 1.22 bits per heavy atom. The molecule has 0 aliphatic rings. The van der Waals surface area contributed by atoms with Crippen molar-refractivity contribution in [1.82, 2.24) is 9.38 Å². The number of nitrogens with zero attached hydrogens (tertiary/aromatic N) is 2. The molecule has 2 aromatic heterocycles. The van der Waals surface area contributed by atoms with E-state index < -0.39 is 0 Å². The molecule has 0 saturated carbocycles. The summed E-state index contributed by atoms with van der Waals surface area (Å²) in [6.45, 7) is 4.67. The Morgan fingerprint density at radius 2 is 2.04 bits per heavy atom. The number of aryl methyl sites for hydroxylation is 3. The monoisotopic (exact) mass is 311 g/mol. The lowest BCUT2D eigenvalue weighted by atomic mass is 10.1. The zero-order valence-electron chi connectivity index (χ0n) is 13.4. The standard InChI is InChI=1S/C18H21N3O2/c1-3-23-14-8-9-21-12(2)16(20-18(21)11-14)7-5-13-4-6-15(19)17(22)10-13/h4,6,8-11,22H,3,5,7,19H2,1-2H3. The molecular formula is C18H21N3O2. The van der Waals surface area contributed by atoms with E-state index in [1.54, 1.807) is 12.1 Å². The number of anilines is 1. The van der Waals surface area contributed by atoms with Crippen LogP contribution in [-0.2, 0) is 12.8 Å². The molecule has 0 amide bonds. The Labute approximate surface area is 135 Å². The van der Waals surface area contributed by atoms with Crippen molar-refractivity contribution in [1.29, 1.82) is 0 Å². The van der Waals surface area contributed by atoms with Gasteiger partial charge < -0.3 is 20.0 Å². The molecule has 1 aromatic carbocycles. The summed E-state index contributed by atoms with van der Waals surface area (Å²) in [5.74, 6) is 0.968. The summed E-state index contributed by atoms with van der Waals surface area (Å²) in [5.41, 5.74) is 10.2. The van der Waals surface area contributed by atoms with Gasteiger partial charge in [0.25, 0.3) is 0 Å². The van der Waals surface area contributed by atoms with Gasteiger partial charge in [-0.25, -0.2) is 4.98 Å². The van der Waals surface area contributed by atoms with Crippen molar-refractivity contribution in [2.24, 2.45) is 0 Å². The smallest absolute Gasteiger partial charge is 0.140 e. The van der Waals surface area contributed by atoms with Crippen LogP contribution in [-0.4, -0.2) is 21.1 Å². The van der Waals surface area contributed by atoms with Gasteiger partial charge in [0.05, 0.1) is 18.0 Å². The predicted molar refractivity (Wildman–Crippen MR) is 91.0 cm³/mol. The molecule has 0 saturated heterocycles. The Morgan fingerprint density at radius 3 is 2.78 bits per heavy atom. The number of ether oxygens (including phenoxy) is 1. The summed E-state index contributed by atoms with van der Waals surface area (Å²) in [7, 11) is 0. The van der Waals surface area contributed by atoms with E-state index in [1.165, 1.54) is 0 Å². The quantitative estimate of drug-likeness (QED) is 0.561. The fourth-order valence-corrected chi connectivity index (χ4v) is 2.70. The highest BCUT2D eigenvalue weighted by atomic mass is 16.5. The number of rotatable bonds is 5. The van der Waals surface area contributed by atoms with Crippen LogP contribution in [0.5, 0.6) is 11.5 Å². The molecule has 2 heterocycles. The first-order chi connectivity index (χ1) is 11.1. The Hall–Kier alpha value is -2.69. The minimum atomic E-state index is 0.135. The maximum absolute atomic E-state index is 9.69. The van der Waals surface area contributed by atoms with Crippen LogP contribution < -0.4 is 10.5 Å². The maximum Gasteiger partial charge on any atom is 0.140 e. The molecule has 3 rings (SSSR count). The molecule has 0 radical (unpaired) electrons. The zero-order chi connectivity index (χ0) is 16.4. The number of benzene rings is 1. The van der Waals surface area contributed by atoms with Gasteiger partial charge in [-0.2, -0.15) is 0 Å². The minimum absolute atomic E-state index is 0.135. The van der Waals surface area contributed by atoms with Gasteiger partial charge in [-0.3, -0.25) is 0 Å². The number of pyridine rings is 1. The first-order valence-corrected chi connectivity index (χ1v) is 7.76. The third-order valence-electron chi connectivity index (χ3n) is 3.99. The van der Waals surface area contributed by atoms with E-state index in [4.69, 9.17) is 15.5 Å². The number of aromatic hydroxyl groups is 1. The van der Waals surface area contributed by atoms with Gasteiger partial charge in [0.2, 0.25) is 0 Å². The number of phenols is 1. The van der Waals surface area contributed by atoms with E-state index >= 15 is 0 Å². The Bertz CT molecular complexity index is 840. The molecule has 23 heavy (non-hydrogen) atoms.